The summed E-state index contributed by atoms with van der Waals surface area (Å²) in [5.41, 5.74) is -1.02. The average Bonchev–Trinajstić information content (AvgIpc) is 3.13. The number of aromatic nitrogens is 3. The van der Waals surface area contributed by atoms with Crippen LogP contribution in [0.3, 0.4) is 0 Å². The molecule has 0 aliphatic carbocycles. The van der Waals surface area contributed by atoms with Crippen molar-refractivity contribution in [3.05, 3.63) is 72.3 Å². The van der Waals surface area contributed by atoms with E-state index in [-0.39, 0.29) is 23.8 Å². The molecule has 1 amide bonds. The second kappa shape index (κ2) is 8.49. The lowest BCUT2D eigenvalue weighted by atomic mass is 9.95. The molecule has 0 spiro atoms. The maximum absolute atomic E-state index is 14.4. The zero-order valence-electron chi connectivity index (χ0n) is 15.0. The first-order valence-corrected chi connectivity index (χ1v) is 9.35. The molecule has 0 saturated heterocycles. The maximum Gasteiger partial charge on any atom is 0.221 e. The number of nitrogens with one attached hydrogen (secondary N) is 1. The Kier molecular flexibility index (Phi) is 6.05. The van der Waals surface area contributed by atoms with Crippen LogP contribution < -0.4 is 5.32 Å². The molecule has 0 aliphatic rings. The normalized spacial score (nSPS) is 13.1. The highest BCUT2D eigenvalue weighted by atomic mass is 32.2. The summed E-state index contributed by atoms with van der Waals surface area (Å²) in [6.45, 7) is 1.37. The van der Waals surface area contributed by atoms with Gasteiger partial charge < -0.3 is 10.4 Å². The highest BCUT2D eigenvalue weighted by Crippen LogP contribution is 2.33. The summed E-state index contributed by atoms with van der Waals surface area (Å²) in [5, 5.41) is 17.9. The van der Waals surface area contributed by atoms with Crippen LogP contribution in [-0.2, 0) is 16.9 Å². The van der Waals surface area contributed by atoms with E-state index in [1.807, 2.05) is 0 Å². The standard InChI is InChI=1S/C19H18F2N4O2S/c1-13(26)24-15-3-5-16(6-4-15)28-10-19(27,9-25-12-22-11-23-25)17-7-2-14(20)8-18(17)21/h2-8,11-12,27H,9-10H2,1H3,(H,24,26)/t19-/m0/s1. The Morgan fingerprint density at radius 3 is 2.61 bits per heavy atom. The largest absolute Gasteiger partial charge is 0.382 e. The van der Waals surface area contributed by atoms with E-state index in [0.29, 0.717) is 5.69 Å². The van der Waals surface area contributed by atoms with Gasteiger partial charge in [0.2, 0.25) is 5.91 Å². The number of benzene rings is 2. The monoisotopic (exact) mass is 404 g/mol. The molecule has 3 rings (SSSR count). The molecule has 2 aromatic carbocycles. The van der Waals surface area contributed by atoms with Crippen molar-refractivity contribution in [2.24, 2.45) is 0 Å². The first-order chi connectivity index (χ1) is 13.4. The number of aliphatic hydroxyl groups is 1. The minimum atomic E-state index is -1.65. The molecule has 0 saturated carbocycles. The van der Waals surface area contributed by atoms with Crippen molar-refractivity contribution in [2.45, 2.75) is 24.0 Å². The Balaban J connectivity index is 1.82. The van der Waals surface area contributed by atoms with Crippen LogP contribution in [0.4, 0.5) is 14.5 Å². The predicted octanol–water partition coefficient (Wildman–Crippen LogP) is 3.19. The van der Waals surface area contributed by atoms with Crippen molar-refractivity contribution in [3.8, 4) is 0 Å². The molecular weight excluding hydrogens is 386 g/mol. The van der Waals surface area contributed by atoms with Crippen LogP contribution in [0.1, 0.15) is 12.5 Å². The third-order valence-corrected chi connectivity index (χ3v) is 5.20. The van der Waals surface area contributed by atoms with E-state index in [4.69, 9.17) is 0 Å². The molecule has 0 bridgehead atoms. The smallest absolute Gasteiger partial charge is 0.221 e. The van der Waals surface area contributed by atoms with Crippen molar-refractivity contribution >= 4 is 23.4 Å². The lowest BCUT2D eigenvalue weighted by molar-refractivity contribution is -0.114. The van der Waals surface area contributed by atoms with Crippen LogP contribution in [-0.4, -0.2) is 31.5 Å². The van der Waals surface area contributed by atoms with Gasteiger partial charge in [-0.1, -0.05) is 6.07 Å². The SMILES string of the molecule is CC(=O)Nc1ccc(SC[C@@](O)(Cn2cncn2)c2ccc(F)cc2F)cc1. The van der Waals surface area contributed by atoms with E-state index >= 15 is 0 Å². The number of anilines is 1. The summed E-state index contributed by atoms with van der Waals surface area (Å²) in [4.78, 5) is 15.7. The Labute approximate surface area is 164 Å². The molecule has 9 heteroatoms. The number of carbonyl (C=O) groups is 1. The molecule has 28 heavy (non-hydrogen) atoms. The maximum atomic E-state index is 14.4. The van der Waals surface area contributed by atoms with Gasteiger partial charge in [0, 0.05) is 34.9 Å². The summed E-state index contributed by atoms with van der Waals surface area (Å²) in [5.74, 6) is -1.63. The van der Waals surface area contributed by atoms with E-state index < -0.39 is 17.2 Å². The Bertz CT molecular complexity index is 951. The number of hydrogen-bond acceptors (Lipinski definition) is 5. The van der Waals surface area contributed by atoms with Crippen molar-refractivity contribution in [2.75, 3.05) is 11.1 Å². The van der Waals surface area contributed by atoms with Crippen LogP contribution in [0.5, 0.6) is 0 Å². The molecule has 1 heterocycles. The zero-order valence-corrected chi connectivity index (χ0v) is 15.8. The van der Waals surface area contributed by atoms with Crippen molar-refractivity contribution in [1.29, 1.82) is 0 Å². The molecular formula is C19H18F2N4O2S. The topological polar surface area (TPSA) is 80.0 Å². The fraction of sp³-hybridized carbons (Fsp3) is 0.211. The highest BCUT2D eigenvalue weighted by Gasteiger charge is 2.33. The molecule has 146 valence electrons. The van der Waals surface area contributed by atoms with E-state index in [1.54, 1.807) is 24.3 Å². The summed E-state index contributed by atoms with van der Waals surface area (Å²) < 4.78 is 29.1. The lowest BCUT2D eigenvalue weighted by Gasteiger charge is -2.28. The van der Waals surface area contributed by atoms with Crippen LogP contribution in [0.15, 0.2) is 60.0 Å². The molecule has 0 fully saturated rings. The van der Waals surface area contributed by atoms with Gasteiger partial charge in [0.25, 0.3) is 0 Å². The van der Waals surface area contributed by atoms with Gasteiger partial charge in [-0.3, -0.25) is 4.79 Å². The molecule has 2 N–H and O–H groups in total. The van der Waals surface area contributed by atoms with Crippen molar-refractivity contribution in [1.82, 2.24) is 14.8 Å². The second-order valence-corrected chi connectivity index (χ2v) is 7.29. The lowest BCUT2D eigenvalue weighted by Crippen LogP contribution is -2.35. The first-order valence-electron chi connectivity index (χ1n) is 8.36. The van der Waals surface area contributed by atoms with E-state index in [0.717, 1.165) is 17.0 Å². The second-order valence-electron chi connectivity index (χ2n) is 6.24. The molecule has 1 atom stereocenters. The fourth-order valence-corrected chi connectivity index (χ4v) is 3.68. The van der Waals surface area contributed by atoms with Crippen LogP contribution >= 0.6 is 11.8 Å². The summed E-state index contributed by atoms with van der Waals surface area (Å²) in [6.07, 6.45) is 2.73. The minimum absolute atomic E-state index is 0.0215. The summed E-state index contributed by atoms with van der Waals surface area (Å²) in [7, 11) is 0. The number of rotatable bonds is 7. The number of thioether (sulfide) groups is 1. The molecule has 1 aromatic heterocycles. The first kappa shape index (κ1) is 20.0. The van der Waals surface area contributed by atoms with Crippen molar-refractivity contribution < 1.29 is 18.7 Å². The Morgan fingerprint density at radius 2 is 2.00 bits per heavy atom. The van der Waals surface area contributed by atoms with Gasteiger partial charge in [-0.05, 0) is 30.3 Å². The third kappa shape index (κ3) is 4.93. The van der Waals surface area contributed by atoms with Crippen LogP contribution in [0.2, 0.25) is 0 Å². The van der Waals surface area contributed by atoms with Gasteiger partial charge in [0.15, 0.2) is 0 Å². The van der Waals surface area contributed by atoms with Crippen LogP contribution in [0.25, 0.3) is 0 Å². The van der Waals surface area contributed by atoms with E-state index in [1.165, 1.54) is 42.1 Å². The molecule has 0 aliphatic heterocycles. The Hall–Kier alpha value is -2.78. The predicted molar refractivity (Wildman–Crippen MR) is 102 cm³/mol. The quantitative estimate of drug-likeness (QED) is 0.591. The number of amides is 1. The minimum Gasteiger partial charge on any atom is -0.382 e. The van der Waals surface area contributed by atoms with Gasteiger partial charge >= 0.3 is 0 Å². The molecule has 3 aromatic rings. The average molecular weight is 404 g/mol. The fourth-order valence-electron chi connectivity index (χ4n) is 2.70. The van der Waals surface area contributed by atoms with Crippen molar-refractivity contribution in [3.63, 3.8) is 0 Å². The summed E-state index contributed by atoms with van der Waals surface area (Å²) >= 11 is 1.30. The van der Waals surface area contributed by atoms with Gasteiger partial charge in [0.05, 0.1) is 6.54 Å². The highest BCUT2D eigenvalue weighted by molar-refractivity contribution is 7.99. The third-order valence-electron chi connectivity index (χ3n) is 3.97. The molecule has 0 unspecified atom stereocenters. The Morgan fingerprint density at radius 1 is 1.25 bits per heavy atom. The zero-order chi connectivity index (χ0) is 20.1. The van der Waals surface area contributed by atoms with Gasteiger partial charge in [-0.25, -0.2) is 18.4 Å². The molecule has 0 radical (unpaired) electrons. The summed E-state index contributed by atoms with van der Waals surface area (Å²) in [6, 6.07) is 10.1. The number of carbonyl (C=O) groups excluding carboxylic acids is 1. The van der Waals surface area contributed by atoms with Crippen LogP contribution in [0, 0.1) is 11.6 Å². The van der Waals surface area contributed by atoms with Gasteiger partial charge in [0.1, 0.15) is 29.9 Å². The number of nitrogens with zero attached hydrogens (tertiary/aromatic N) is 3. The van der Waals surface area contributed by atoms with E-state index in [9.17, 15) is 18.7 Å². The number of hydrogen-bond donors (Lipinski definition) is 2. The number of halogens is 2. The molecule has 6 nitrogen and oxygen atoms in total. The van der Waals surface area contributed by atoms with Gasteiger partial charge in [-0.2, -0.15) is 5.10 Å². The van der Waals surface area contributed by atoms with Gasteiger partial charge in [-0.15, -0.1) is 11.8 Å². The van der Waals surface area contributed by atoms with E-state index in [2.05, 4.69) is 15.4 Å².